The summed E-state index contributed by atoms with van der Waals surface area (Å²) >= 11 is 7.78. The van der Waals surface area contributed by atoms with Gasteiger partial charge in [0, 0.05) is 10.8 Å². The molecule has 0 heterocycles. The molecule has 0 fully saturated rings. The quantitative estimate of drug-likeness (QED) is 0.152. The second-order valence-electron chi connectivity index (χ2n) is 5.77. The third-order valence-electron chi connectivity index (χ3n) is 4.11. The molecule has 120 valence electrons. The summed E-state index contributed by atoms with van der Waals surface area (Å²) < 4.78 is -0.225. The van der Waals surface area contributed by atoms with Crippen molar-refractivity contribution in [2.45, 2.75) is 54.6 Å². The Balaban J connectivity index is 2.02. The average molecular weight is 338 g/mol. The van der Waals surface area contributed by atoms with Crippen LogP contribution in [0.5, 0.6) is 0 Å². The molecule has 0 radical (unpaired) electrons. The van der Waals surface area contributed by atoms with Gasteiger partial charge in [0.05, 0.1) is 11.0 Å². The Morgan fingerprint density at radius 3 is 2.73 bits per heavy atom. The molecule has 1 N–H and O–H groups in total. The Hall–Kier alpha value is -0.930. The molecular formula is C18H24ClNOS. The van der Waals surface area contributed by atoms with Gasteiger partial charge in [0.15, 0.2) is 0 Å². The Morgan fingerprint density at radius 1 is 1.27 bits per heavy atom. The van der Waals surface area contributed by atoms with E-state index in [-0.39, 0.29) is 4.75 Å². The van der Waals surface area contributed by atoms with Crippen LogP contribution in [0.4, 0.5) is 0 Å². The van der Waals surface area contributed by atoms with E-state index in [1.165, 1.54) is 24.2 Å². The first kappa shape index (κ1) is 17.4. The van der Waals surface area contributed by atoms with Crippen molar-refractivity contribution in [1.82, 2.24) is 0 Å². The first-order valence-electron chi connectivity index (χ1n) is 7.94. The molecule has 0 aliphatic heterocycles. The lowest BCUT2D eigenvalue weighted by atomic mass is 9.97. The summed E-state index contributed by atoms with van der Waals surface area (Å²) in [5.41, 5.74) is 1.59. The predicted molar refractivity (Wildman–Crippen MR) is 96.4 cm³/mol. The highest BCUT2D eigenvalue weighted by Gasteiger charge is 2.29. The van der Waals surface area contributed by atoms with Gasteiger partial charge in [-0.25, -0.2) is 0 Å². The maximum absolute atomic E-state index is 9.12. The van der Waals surface area contributed by atoms with E-state index in [0.717, 1.165) is 25.7 Å². The summed E-state index contributed by atoms with van der Waals surface area (Å²) in [6.07, 6.45) is 11.9. The molecule has 0 aromatic heterocycles. The topological polar surface area (TPSA) is 32.6 Å². The molecule has 1 aromatic rings. The van der Waals surface area contributed by atoms with Crippen molar-refractivity contribution in [2.24, 2.45) is 5.16 Å². The van der Waals surface area contributed by atoms with E-state index in [4.69, 9.17) is 16.8 Å². The zero-order chi connectivity index (χ0) is 15.7. The number of hydrogen-bond acceptors (Lipinski definition) is 3. The third kappa shape index (κ3) is 5.36. The van der Waals surface area contributed by atoms with Gasteiger partial charge in [-0.3, -0.25) is 0 Å². The van der Waals surface area contributed by atoms with E-state index >= 15 is 0 Å². The zero-order valence-corrected chi connectivity index (χ0v) is 14.5. The Bertz CT molecular complexity index is 503. The summed E-state index contributed by atoms with van der Waals surface area (Å²) in [6, 6.07) is 10.3. The van der Waals surface area contributed by atoms with Crippen molar-refractivity contribution in [1.29, 1.82) is 0 Å². The van der Waals surface area contributed by atoms with Crippen LogP contribution in [0.1, 0.15) is 44.9 Å². The van der Waals surface area contributed by atoms with Crippen LogP contribution in [0.25, 0.3) is 0 Å². The van der Waals surface area contributed by atoms with E-state index < -0.39 is 0 Å². The number of halogens is 1. The van der Waals surface area contributed by atoms with Crippen molar-refractivity contribution in [3.63, 3.8) is 0 Å². The summed E-state index contributed by atoms with van der Waals surface area (Å²) in [5, 5.41) is 12.5. The molecule has 1 unspecified atom stereocenters. The molecular weight excluding hydrogens is 314 g/mol. The Labute approximate surface area is 142 Å². The van der Waals surface area contributed by atoms with Crippen molar-refractivity contribution in [3.05, 3.63) is 42.0 Å². The van der Waals surface area contributed by atoms with Crippen LogP contribution in [-0.4, -0.2) is 22.0 Å². The molecule has 0 bridgehead atoms. The second-order valence-corrected chi connectivity index (χ2v) is 7.64. The lowest BCUT2D eigenvalue weighted by molar-refractivity contribution is 0.318. The fourth-order valence-electron chi connectivity index (χ4n) is 2.95. The van der Waals surface area contributed by atoms with Gasteiger partial charge < -0.3 is 5.21 Å². The minimum absolute atomic E-state index is 0.225. The minimum atomic E-state index is -0.225. The van der Waals surface area contributed by atoms with Gasteiger partial charge in [-0.2, -0.15) is 0 Å². The van der Waals surface area contributed by atoms with Gasteiger partial charge in [0.25, 0.3) is 0 Å². The lowest BCUT2D eigenvalue weighted by Crippen LogP contribution is -2.27. The summed E-state index contributed by atoms with van der Waals surface area (Å²) in [6.45, 7) is 0. The summed E-state index contributed by atoms with van der Waals surface area (Å²) in [4.78, 5) is 1.19. The number of hydrogen-bond donors (Lipinski definition) is 1. The SMILES string of the molecule is O/N=C/C(CCCl)(CCCC1=CCCC1)Sc1ccccc1. The van der Waals surface area contributed by atoms with Crippen molar-refractivity contribution in [2.75, 3.05) is 5.88 Å². The molecule has 0 spiro atoms. The van der Waals surface area contributed by atoms with Crippen LogP contribution < -0.4 is 0 Å². The molecule has 2 nitrogen and oxygen atoms in total. The molecule has 2 rings (SSSR count). The molecule has 1 aromatic carbocycles. The van der Waals surface area contributed by atoms with E-state index in [9.17, 15) is 0 Å². The van der Waals surface area contributed by atoms with Crippen LogP contribution in [-0.2, 0) is 0 Å². The summed E-state index contributed by atoms with van der Waals surface area (Å²) in [5.74, 6) is 0.564. The molecule has 0 saturated heterocycles. The molecule has 1 atom stereocenters. The first-order valence-corrected chi connectivity index (χ1v) is 9.30. The molecule has 1 aliphatic rings. The largest absolute Gasteiger partial charge is 0.411 e. The number of thioether (sulfide) groups is 1. The van der Waals surface area contributed by atoms with Gasteiger partial charge in [-0.05, 0) is 57.1 Å². The fourth-order valence-corrected chi connectivity index (χ4v) is 4.71. The smallest absolute Gasteiger partial charge is 0.0602 e. The Kier molecular flexibility index (Phi) is 7.34. The average Bonchev–Trinajstić information content (AvgIpc) is 3.02. The van der Waals surface area contributed by atoms with E-state index in [1.807, 2.05) is 18.2 Å². The van der Waals surface area contributed by atoms with Gasteiger partial charge in [-0.15, -0.1) is 28.5 Å². The van der Waals surface area contributed by atoms with Crippen LogP contribution in [0.2, 0.25) is 0 Å². The monoisotopic (exact) mass is 337 g/mol. The summed E-state index contributed by atoms with van der Waals surface area (Å²) in [7, 11) is 0. The number of benzene rings is 1. The number of alkyl halides is 1. The standard InChI is InChI=1S/C18H24ClNOS/c19-14-13-18(15-20-21,22-17-10-2-1-3-11-17)12-6-9-16-7-4-5-8-16/h1-3,7,10-11,15,21H,4-6,8-9,12-14H2/b20-15+. The van der Waals surface area contributed by atoms with E-state index in [1.54, 1.807) is 23.5 Å². The van der Waals surface area contributed by atoms with Gasteiger partial charge in [0.1, 0.15) is 0 Å². The normalized spacial score (nSPS) is 17.6. The Morgan fingerprint density at radius 2 is 2.09 bits per heavy atom. The maximum atomic E-state index is 9.12. The highest BCUT2D eigenvalue weighted by molar-refractivity contribution is 8.01. The molecule has 0 saturated carbocycles. The first-order chi connectivity index (χ1) is 10.8. The molecule has 1 aliphatic carbocycles. The van der Waals surface area contributed by atoms with E-state index in [0.29, 0.717) is 5.88 Å². The number of nitrogens with zero attached hydrogens (tertiary/aromatic N) is 1. The number of oxime groups is 1. The molecule has 0 amide bonds. The maximum Gasteiger partial charge on any atom is 0.0602 e. The minimum Gasteiger partial charge on any atom is -0.411 e. The lowest BCUT2D eigenvalue weighted by Gasteiger charge is -2.28. The van der Waals surface area contributed by atoms with Gasteiger partial charge in [-0.1, -0.05) is 29.8 Å². The highest BCUT2D eigenvalue weighted by atomic mass is 35.5. The third-order valence-corrected chi connectivity index (χ3v) is 5.72. The second kappa shape index (κ2) is 9.26. The predicted octanol–water partition coefficient (Wildman–Crippen LogP) is 5.89. The van der Waals surface area contributed by atoms with E-state index in [2.05, 4.69) is 23.4 Å². The molecule has 22 heavy (non-hydrogen) atoms. The van der Waals surface area contributed by atoms with Crippen LogP contribution >= 0.6 is 23.4 Å². The fraction of sp³-hybridized carbons (Fsp3) is 0.500. The zero-order valence-electron chi connectivity index (χ0n) is 12.9. The van der Waals surface area contributed by atoms with Crippen molar-refractivity contribution in [3.8, 4) is 0 Å². The van der Waals surface area contributed by atoms with Crippen LogP contribution in [0.3, 0.4) is 0 Å². The highest BCUT2D eigenvalue weighted by Crippen LogP contribution is 2.39. The molecule has 4 heteroatoms. The van der Waals surface area contributed by atoms with Crippen LogP contribution in [0, 0.1) is 0 Å². The van der Waals surface area contributed by atoms with Gasteiger partial charge in [0.2, 0.25) is 0 Å². The number of allylic oxidation sites excluding steroid dienone is 2. The van der Waals surface area contributed by atoms with Crippen molar-refractivity contribution < 1.29 is 5.21 Å². The van der Waals surface area contributed by atoms with Crippen LogP contribution in [0.15, 0.2) is 52.0 Å². The number of rotatable bonds is 9. The van der Waals surface area contributed by atoms with Crippen molar-refractivity contribution >= 4 is 29.6 Å². The van der Waals surface area contributed by atoms with Gasteiger partial charge >= 0.3 is 0 Å².